The number of rotatable bonds is 6. The number of hydrogen-bond donors (Lipinski definition) is 0. The Morgan fingerprint density at radius 1 is 0.750 bits per heavy atom. The van der Waals surface area contributed by atoms with Gasteiger partial charge in [0, 0.05) is 11.1 Å². The van der Waals surface area contributed by atoms with E-state index in [0.717, 1.165) is 14.2 Å². The fourth-order valence-corrected chi connectivity index (χ4v) is 3.36. The van der Waals surface area contributed by atoms with Gasteiger partial charge in [-0.15, -0.1) is 0 Å². The Morgan fingerprint density at radius 3 is 1.46 bits per heavy atom. The second kappa shape index (κ2) is 6.81. The maximum atomic E-state index is 12.5. The molecule has 24 heavy (non-hydrogen) atoms. The van der Waals surface area contributed by atoms with Crippen LogP contribution in [0.4, 0.5) is 0 Å². The van der Waals surface area contributed by atoms with Gasteiger partial charge in [0.2, 0.25) is 0 Å². The van der Waals surface area contributed by atoms with Crippen LogP contribution in [0.1, 0.15) is 15.9 Å². The zero-order valence-corrected chi connectivity index (χ0v) is 14.4. The summed E-state index contributed by atoms with van der Waals surface area (Å²) in [7, 11) is -5.85. The summed E-state index contributed by atoms with van der Waals surface area (Å²) in [5, 5.41) is 0. The molecular formula is C15H14O7S2. The van der Waals surface area contributed by atoms with Gasteiger partial charge in [-0.3, -0.25) is 13.2 Å². The van der Waals surface area contributed by atoms with Gasteiger partial charge in [-0.1, -0.05) is 24.3 Å². The predicted octanol–water partition coefficient (Wildman–Crippen LogP) is 1.59. The van der Waals surface area contributed by atoms with E-state index in [1.807, 2.05) is 0 Å². The minimum Gasteiger partial charge on any atom is -0.289 e. The van der Waals surface area contributed by atoms with Crippen molar-refractivity contribution in [2.24, 2.45) is 0 Å². The maximum absolute atomic E-state index is 12.5. The molecular weight excluding hydrogens is 356 g/mol. The molecule has 128 valence electrons. The predicted molar refractivity (Wildman–Crippen MR) is 84.7 cm³/mol. The van der Waals surface area contributed by atoms with E-state index in [1.165, 1.54) is 48.5 Å². The molecule has 0 atom stereocenters. The second-order valence-electron chi connectivity index (χ2n) is 4.63. The summed E-state index contributed by atoms with van der Waals surface area (Å²) in [4.78, 5) is 12.2. The van der Waals surface area contributed by atoms with Crippen molar-refractivity contribution >= 4 is 26.0 Å². The highest BCUT2D eigenvalue weighted by Crippen LogP contribution is 2.19. The molecule has 2 aromatic rings. The number of benzene rings is 2. The van der Waals surface area contributed by atoms with Gasteiger partial charge in [-0.25, -0.2) is 0 Å². The normalized spacial score (nSPS) is 12.1. The molecule has 0 unspecified atom stereocenters. The molecule has 0 saturated carbocycles. The van der Waals surface area contributed by atoms with Crippen molar-refractivity contribution in [3.05, 3.63) is 59.7 Å². The smallest absolute Gasteiger partial charge is 0.289 e. The first-order chi connectivity index (χ1) is 11.2. The molecule has 2 aromatic carbocycles. The molecule has 0 N–H and O–H groups in total. The number of hydrogen-bond acceptors (Lipinski definition) is 7. The SMILES string of the molecule is COS(=O)(=O)c1cccc(C(=O)c2cccc(S(=O)(=O)OC)c2)c1. The lowest BCUT2D eigenvalue weighted by Gasteiger charge is -2.06. The van der Waals surface area contributed by atoms with Crippen LogP contribution in [0.25, 0.3) is 0 Å². The molecule has 0 radical (unpaired) electrons. The van der Waals surface area contributed by atoms with Crippen LogP contribution >= 0.6 is 0 Å². The first-order valence-corrected chi connectivity index (χ1v) is 9.39. The molecule has 0 aliphatic carbocycles. The molecule has 0 aromatic heterocycles. The van der Waals surface area contributed by atoms with E-state index in [2.05, 4.69) is 8.37 Å². The summed E-state index contributed by atoms with van der Waals surface area (Å²) >= 11 is 0. The summed E-state index contributed by atoms with van der Waals surface area (Å²) in [5.41, 5.74) is 0.167. The van der Waals surface area contributed by atoms with Crippen LogP contribution in [0.5, 0.6) is 0 Å². The Balaban J connectivity index is 2.47. The average molecular weight is 370 g/mol. The summed E-state index contributed by atoms with van der Waals surface area (Å²) in [6, 6.07) is 10.6. The second-order valence-corrected chi connectivity index (χ2v) is 8.05. The molecule has 0 saturated heterocycles. The topological polar surface area (TPSA) is 104 Å². The first kappa shape index (κ1) is 18.3. The third kappa shape index (κ3) is 3.70. The summed E-state index contributed by atoms with van der Waals surface area (Å²) in [5.74, 6) is -0.531. The van der Waals surface area contributed by atoms with E-state index < -0.39 is 26.0 Å². The lowest BCUT2D eigenvalue weighted by atomic mass is 10.0. The van der Waals surface area contributed by atoms with Gasteiger partial charge >= 0.3 is 0 Å². The van der Waals surface area contributed by atoms with Gasteiger partial charge < -0.3 is 0 Å². The lowest BCUT2D eigenvalue weighted by molar-refractivity contribution is 0.103. The molecule has 2 rings (SSSR count). The zero-order chi connectivity index (χ0) is 18.0. The Hall–Kier alpha value is -2.07. The van der Waals surface area contributed by atoms with Crippen LogP contribution in [-0.2, 0) is 28.6 Å². The van der Waals surface area contributed by atoms with Crippen LogP contribution < -0.4 is 0 Å². The van der Waals surface area contributed by atoms with Crippen LogP contribution in [0.2, 0.25) is 0 Å². The molecule has 0 amide bonds. The summed E-state index contributed by atoms with van der Waals surface area (Å²) in [6.45, 7) is 0. The van der Waals surface area contributed by atoms with Crippen LogP contribution in [0, 0.1) is 0 Å². The van der Waals surface area contributed by atoms with Gasteiger partial charge in [0.15, 0.2) is 5.78 Å². The monoisotopic (exact) mass is 370 g/mol. The van der Waals surface area contributed by atoms with Gasteiger partial charge in [-0.2, -0.15) is 16.8 Å². The van der Waals surface area contributed by atoms with Gasteiger partial charge in [0.05, 0.1) is 24.0 Å². The molecule has 0 aliphatic rings. The molecule has 0 bridgehead atoms. The van der Waals surface area contributed by atoms with E-state index in [4.69, 9.17) is 0 Å². The fourth-order valence-electron chi connectivity index (χ4n) is 1.94. The molecule has 7 nitrogen and oxygen atoms in total. The molecule has 0 aliphatic heterocycles. The van der Waals surface area contributed by atoms with E-state index >= 15 is 0 Å². The van der Waals surface area contributed by atoms with Gasteiger partial charge in [0.1, 0.15) is 0 Å². The van der Waals surface area contributed by atoms with E-state index in [9.17, 15) is 21.6 Å². The van der Waals surface area contributed by atoms with Crippen molar-refractivity contribution in [3.63, 3.8) is 0 Å². The Kier molecular flexibility index (Phi) is 5.19. The zero-order valence-electron chi connectivity index (χ0n) is 12.8. The van der Waals surface area contributed by atoms with Gasteiger partial charge in [-0.05, 0) is 24.3 Å². The van der Waals surface area contributed by atoms with E-state index in [-0.39, 0.29) is 20.9 Å². The van der Waals surface area contributed by atoms with E-state index in [1.54, 1.807) is 0 Å². The quantitative estimate of drug-likeness (QED) is 0.562. The molecule has 9 heteroatoms. The number of carbonyl (C=O) groups is 1. The van der Waals surface area contributed by atoms with Crippen LogP contribution in [0.15, 0.2) is 58.3 Å². The molecule has 0 fully saturated rings. The highest BCUT2D eigenvalue weighted by Gasteiger charge is 2.19. The van der Waals surface area contributed by atoms with Crippen molar-refractivity contribution in [2.75, 3.05) is 14.2 Å². The van der Waals surface area contributed by atoms with Crippen molar-refractivity contribution in [3.8, 4) is 0 Å². The highest BCUT2D eigenvalue weighted by molar-refractivity contribution is 7.87. The first-order valence-electron chi connectivity index (χ1n) is 6.57. The third-order valence-corrected chi connectivity index (χ3v) is 5.75. The lowest BCUT2D eigenvalue weighted by Crippen LogP contribution is -2.08. The van der Waals surface area contributed by atoms with Gasteiger partial charge in [0.25, 0.3) is 20.2 Å². The van der Waals surface area contributed by atoms with Crippen LogP contribution in [-0.4, -0.2) is 36.8 Å². The highest BCUT2D eigenvalue weighted by atomic mass is 32.2. The van der Waals surface area contributed by atoms with Crippen LogP contribution in [0.3, 0.4) is 0 Å². The standard InChI is InChI=1S/C15H14O7S2/c1-21-23(17,18)13-7-3-5-11(9-13)15(16)12-6-4-8-14(10-12)24(19,20)22-2/h3-10H,1-2H3. The Morgan fingerprint density at radius 2 is 1.12 bits per heavy atom. The minimum absolute atomic E-state index is 0.0834. The average Bonchev–Trinajstić information content (AvgIpc) is 2.61. The van der Waals surface area contributed by atoms with Crippen molar-refractivity contribution in [2.45, 2.75) is 9.79 Å². The Bertz CT molecular complexity index is 897. The maximum Gasteiger partial charge on any atom is 0.296 e. The van der Waals surface area contributed by atoms with E-state index in [0.29, 0.717) is 0 Å². The fraction of sp³-hybridized carbons (Fsp3) is 0.133. The number of carbonyl (C=O) groups excluding carboxylic acids is 1. The minimum atomic E-state index is -3.94. The Labute approximate surface area is 140 Å². The largest absolute Gasteiger partial charge is 0.296 e. The summed E-state index contributed by atoms with van der Waals surface area (Å²) < 4.78 is 55.6. The molecule has 0 heterocycles. The van der Waals surface area contributed by atoms with Crippen molar-refractivity contribution in [1.29, 1.82) is 0 Å². The van der Waals surface area contributed by atoms with Crippen molar-refractivity contribution < 1.29 is 30.0 Å². The van der Waals surface area contributed by atoms with Crippen molar-refractivity contribution in [1.82, 2.24) is 0 Å². The molecule has 0 spiro atoms. The third-order valence-electron chi connectivity index (χ3n) is 3.21. The summed E-state index contributed by atoms with van der Waals surface area (Å²) in [6.07, 6.45) is 0. The number of ketones is 1.